The van der Waals surface area contributed by atoms with Gasteiger partial charge in [0.1, 0.15) is 0 Å². The van der Waals surface area contributed by atoms with E-state index in [0.717, 1.165) is 24.8 Å². The molecule has 100 valence electrons. The molecule has 1 amide bonds. The first-order valence-electron chi connectivity index (χ1n) is 6.19. The Bertz CT molecular complexity index is 365. The lowest BCUT2D eigenvalue weighted by Gasteiger charge is -2.11. The Kier molecular flexibility index (Phi) is 6.14. The van der Waals surface area contributed by atoms with Crippen molar-refractivity contribution in [2.75, 3.05) is 7.11 Å². The lowest BCUT2D eigenvalue weighted by Crippen LogP contribution is -2.40. The molecule has 0 bridgehead atoms. The largest absolute Gasteiger partial charge is 0.481 e. The highest BCUT2D eigenvalue weighted by Crippen LogP contribution is 2.06. The summed E-state index contributed by atoms with van der Waals surface area (Å²) in [6.07, 6.45) is 4.42. The summed E-state index contributed by atoms with van der Waals surface area (Å²) in [6, 6.07) is 3.21. The molecule has 0 aliphatic heterocycles. The van der Waals surface area contributed by atoms with Crippen LogP contribution in [0, 0.1) is 0 Å². The van der Waals surface area contributed by atoms with E-state index in [1.165, 1.54) is 0 Å². The number of rotatable bonds is 7. The fourth-order valence-electron chi connectivity index (χ4n) is 1.51. The van der Waals surface area contributed by atoms with E-state index in [0.29, 0.717) is 12.4 Å². The minimum atomic E-state index is -0.420. The van der Waals surface area contributed by atoms with Crippen LogP contribution in [0.1, 0.15) is 31.7 Å². The summed E-state index contributed by atoms with van der Waals surface area (Å²) in [5, 5.41) is 2.80. The molecule has 0 aliphatic carbocycles. The van der Waals surface area contributed by atoms with Crippen LogP contribution < -0.4 is 15.8 Å². The average molecular weight is 251 g/mol. The van der Waals surface area contributed by atoms with E-state index < -0.39 is 6.04 Å². The number of methoxy groups -OCH3 is 1. The summed E-state index contributed by atoms with van der Waals surface area (Å²) >= 11 is 0. The van der Waals surface area contributed by atoms with Gasteiger partial charge in [-0.2, -0.15) is 0 Å². The molecule has 0 aliphatic rings. The third-order valence-corrected chi connectivity index (χ3v) is 2.68. The summed E-state index contributed by atoms with van der Waals surface area (Å²) < 4.78 is 4.96. The fraction of sp³-hybridized carbons (Fsp3) is 0.538. The smallest absolute Gasteiger partial charge is 0.237 e. The summed E-state index contributed by atoms with van der Waals surface area (Å²) in [6.45, 7) is 2.52. The monoisotopic (exact) mass is 251 g/mol. The van der Waals surface area contributed by atoms with E-state index in [-0.39, 0.29) is 5.91 Å². The molecular weight excluding hydrogens is 230 g/mol. The highest BCUT2D eigenvalue weighted by molar-refractivity contribution is 5.81. The fourth-order valence-corrected chi connectivity index (χ4v) is 1.51. The van der Waals surface area contributed by atoms with Gasteiger partial charge >= 0.3 is 0 Å². The van der Waals surface area contributed by atoms with Crippen molar-refractivity contribution in [1.29, 1.82) is 0 Å². The molecule has 0 fully saturated rings. The first kappa shape index (κ1) is 14.4. The van der Waals surface area contributed by atoms with Crippen molar-refractivity contribution < 1.29 is 9.53 Å². The van der Waals surface area contributed by atoms with Gasteiger partial charge in [0, 0.05) is 18.8 Å². The zero-order chi connectivity index (χ0) is 13.4. The summed E-state index contributed by atoms with van der Waals surface area (Å²) in [5.74, 6) is 0.448. The predicted octanol–water partition coefficient (Wildman–Crippen LogP) is 1.22. The second-order valence-electron chi connectivity index (χ2n) is 4.18. The van der Waals surface area contributed by atoms with Crippen LogP contribution in [0.2, 0.25) is 0 Å². The van der Waals surface area contributed by atoms with Crippen molar-refractivity contribution >= 4 is 5.91 Å². The van der Waals surface area contributed by atoms with Gasteiger partial charge in [-0.25, -0.2) is 4.98 Å². The van der Waals surface area contributed by atoms with Crippen LogP contribution >= 0.6 is 0 Å². The van der Waals surface area contributed by atoms with Crippen LogP contribution in [0.4, 0.5) is 0 Å². The Balaban J connectivity index is 2.37. The molecule has 5 nitrogen and oxygen atoms in total. The van der Waals surface area contributed by atoms with Gasteiger partial charge in [-0.3, -0.25) is 4.79 Å². The van der Waals surface area contributed by atoms with E-state index in [4.69, 9.17) is 10.5 Å². The molecule has 0 saturated carbocycles. The normalized spacial score (nSPS) is 11.9. The van der Waals surface area contributed by atoms with Crippen LogP contribution in [0.15, 0.2) is 18.3 Å². The van der Waals surface area contributed by atoms with Gasteiger partial charge in [0.25, 0.3) is 0 Å². The standard InChI is InChI=1S/C13H21N3O2/c1-3-4-5-11(14)13(17)16-9-10-6-7-12(18-2)15-8-10/h6-8,11H,3-5,9,14H2,1-2H3,(H,16,17)/t11-/m0/s1. The van der Waals surface area contributed by atoms with Crippen molar-refractivity contribution in [3.05, 3.63) is 23.9 Å². The molecule has 0 aromatic carbocycles. The van der Waals surface area contributed by atoms with Gasteiger partial charge in [0.2, 0.25) is 11.8 Å². The number of aromatic nitrogens is 1. The highest BCUT2D eigenvalue weighted by Gasteiger charge is 2.11. The second kappa shape index (κ2) is 7.66. The maximum Gasteiger partial charge on any atom is 0.237 e. The van der Waals surface area contributed by atoms with Crippen LogP contribution in [-0.4, -0.2) is 24.0 Å². The number of nitrogens with one attached hydrogen (secondary N) is 1. The third kappa shape index (κ3) is 4.71. The van der Waals surface area contributed by atoms with Crippen LogP contribution in [-0.2, 0) is 11.3 Å². The average Bonchev–Trinajstić information content (AvgIpc) is 2.42. The Labute approximate surface area is 108 Å². The number of carbonyl (C=O) groups is 1. The van der Waals surface area contributed by atoms with Crippen molar-refractivity contribution in [2.24, 2.45) is 5.73 Å². The number of pyridine rings is 1. The number of hydrogen-bond donors (Lipinski definition) is 2. The zero-order valence-corrected chi connectivity index (χ0v) is 11.0. The quantitative estimate of drug-likeness (QED) is 0.764. The van der Waals surface area contributed by atoms with Crippen LogP contribution in [0.25, 0.3) is 0 Å². The molecule has 1 heterocycles. The van der Waals surface area contributed by atoms with Crippen LogP contribution in [0.5, 0.6) is 5.88 Å². The van der Waals surface area contributed by atoms with E-state index in [1.54, 1.807) is 19.4 Å². The topological polar surface area (TPSA) is 77.2 Å². The number of nitrogens with zero attached hydrogens (tertiary/aromatic N) is 1. The first-order chi connectivity index (χ1) is 8.67. The molecule has 1 aromatic rings. The molecule has 1 aromatic heterocycles. The zero-order valence-electron chi connectivity index (χ0n) is 11.0. The third-order valence-electron chi connectivity index (χ3n) is 2.68. The van der Waals surface area contributed by atoms with Gasteiger partial charge in [-0.05, 0) is 12.0 Å². The molecule has 0 spiro atoms. The van der Waals surface area contributed by atoms with Crippen molar-refractivity contribution in [3.8, 4) is 5.88 Å². The Hall–Kier alpha value is -1.62. The number of amides is 1. The number of ether oxygens (including phenoxy) is 1. The van der Waals surface area contributed by atoms with Crippen molar-refractivity contribution in [3.63, 3.8) is 0 Å². The number of unbranched alkanes of at least 4 members (excludes halogenated alkanes) is 1. The molecule has 0 unspecified atom stereocenters. The predicted molar refractivity (Wildman–Crippen MR) is 70.1 cm³/mol. The Morgan fingerprint density at radius 3 is 2.89 bits per heavy atom. The molecule has 3 N–H and O–H groups in total. The summed E-state index contributed by atoms with van der Waals surface area (Å²) in [4.78, 5) is 15.7. The molecule has 1 rings (SSSR count). The molecule has 0 radical (unpaired) electrons. The Morgan fingerprint density at radius 2 is 2.33 bits per heavy atom. The number of hydrogen-bond acceptors (Lipinski definition) is 4. The van der Waals surface area contributed by atoms with Crippen LogP contribution in [0.3, 0.4) is 0 Å². The van der Waals surface area contributed by atoms with Crippen molar-refractivity contribution in [2.45, 2.75) is 38.8 Å². The maximum absolute atomic E-state index is 11.7. The Morgan fingerprint density at radius 1 is 1.56 bits per heavy atom. The van der Waals surface area contributed by atoms with E-state index in [9.17, 15) is 4.79 Å². The minimum Gasteiger partial charge on any atom is -0.481 e. The molecule has 5 heteroatoms. The molecular formula is C13H21N3O2. The number of carbonyl (C=O) groups excluding carboxylic acids is 1. The number of nitrogens with two attached hydrogens (primary N) is 1. The summed E-state index contributed by atoms with van der Waals surface area (Å²) in [7, 11) is 1.57. The van der Waals surface area contributed by atoms with Gasteiger partial charge in [-0.1, -0.05) is 25.8 Å². The molecule has 18 heavy (non-hydrogen) atoms. The van der Waals surface area contributed by atoms with Crippen molar-refractivity contribution in [1.82, 2.24) is 10.3 Å². The minimum absolute atomic E-state index is 0.112. The van der Waals surface area contributed by atoms with E-state index in [1.807, 2.05) is 6.07 Å². The van der Waals surface area contributed by atoms with Gasteiger partial charge in [0.05, 0.1) is 13.2 Å². The SMILES string of the molecule is CCCC[C@H](N)C(=O)NCc1ccc(OC)nc1. The lowest BCUT2D eigenvalue weighted by molar-refractivity contribution is -0.122. The van der Waals surface area contributed by atoms with Gasteiger partial charge in [0.15, 0.2) is 0 Å². The van der Waals surface area contributed by atoms with E-state index in [2.05, 4.69) is 17.2 Å². The summed E-state index contributed by atoms with van der Waals surface area (Å²) in [5.41, 5.74) is 6.69. The maximum atomic E-state index is 11.7. The van der Waals surface area contributed by atoms with E-state index >= 15 is 0 Å². The molecule has 0 saturated heterocycles. The van der Waals surface area contributed by atoms with Gasteiger partial charge in [-0.15, -0.1) is 0 Å². The highest BCUT2D eigenvalue weighted by atomic mass is 16.5. The van der Waals surface area contributed by atoms with Gasteiger partial charge < -0.3 is 15.8 Å². The second-order valence-corrected chi connectivity index (χ2v) is 4.18. The first-order valence-corrected chi connectivity index (χ1v) is 6.19. The molecule has 1 atom stereocenters. The lowest BCUT2D eigenvalue weighted by atomic mass is 10.1.